The number of carbonyl (C=O) groups is 1. The summed E-state index contributed by atoms with van der Waals surface area (Å²) in [4.78, 5) is 14.4. The van der Waals surface area contributed by atoms with E-state index in [2.05, 4.69) is 17.1 Å². The number of carbonyl (C=O) groups excluding carboxylic acids is 1. The van der Waals surface area contributed by atoms with Gasteiger partial charge >= 0.3 is 0 Å². The molecule has 0 saturated carbocycles. The highest BCUT2D eigenvalue weighted by molar-refractivity contribution is 6.06. The van der Waals surface area contributed by atoms with E-state index in [4.69, 9.17) is 0 Å². The SMILES string of the molecule is Cc1ccc(NC(=O)/C(C#N)=C\N2CCCCC2C)c(C)c1. The van der Waals surface area contributed by atoms with E-state index < -0.39 is 0 Å². The van der Waals surface area contributed by atoms with Crippen LogP contribution >= 0.6 is 0 Å². The fourth-order valence-corrected chi connectivity index (χ4v) is 2.76. The molecule has 1 amide bonds. The number of nitriles is 1. The van der Waals surface area contributed by atoms with Crippen molar-refractivity contribution >= 4 is 11.6 Å². The molecule has 0 aromatic heterocycles. The molecule has 0 bridgehead atoms. The Kier molecular flexibility index (Phi) is 5.21. The highest BCUT2D eigenvalue weighted by atomic mass is 16.1. The maximum absolute atomic E-state index is 12.3. The minimum Gasteiger partial charge on any atom is -0.373 e. The summed E-state index contributed by atoms with van der Waals surface area (Å²) in [6.07, 6.45) is 5.14. The lowest BCUT2D eigenvalue weighted by Gasteiger charge is -2.32. The van der Waals surface area contributed by atoms with Gasteiger partial charge < -0.3 is 10.2 Å². The number of nitrogens with zero attached hydrogens (tertiary/aromatic N) is 2. The first-order valence-corrected chi connectivity index (χ1v) is 7.77. The molecule has 1 N–H and O–H groups in total. The lowest BCUT2D eigenvalue weighted by molar-refractivity contribution is -0.112. The van der Waals surface area contributed by atoms with Crippen LogP contribution in [0.4, 0.5) is 5.69 Å². The number of aryl methyl sites for hydroxylation is 2. The number of rotatable bonds is 3. The Labute approximate surface area is 132 Å². The maximum Gasteiger partial charge on any atom is 0.267 e. The van der Waals surface area contributed by atoms with Gasteiger partial charge in [-0.3, -0.25) is 4.79 Å². The van der Waals surface area contributed by atoms with Gasteiger partial charge in [-0.15, -0.1) is 0 Å². The minimum absolute atomic E-state index is 0.161. The van der Waals surface area contributed by atoms with Crippen LogP contribution in [0.5, 0.6) is 0 Å². The van der Waals surface area contributed by atoms with Gasteiger partial charge in [0.25, 0.3) is 5.91 Å². The first kappa shape index (κ1) is 16.1. The van der Waals surface area contributed by atoms with Crippen molar-refractivity contribution in [2.24, 2.45) is 0 Å². The quantitative estimate of drug-likeness (QED) is 0.686. The van der Waals surface area contributed by atoms with E-state index in [0.717, 1.165) is 36.2 Å². The van der Waals surface area contributed by atoms with Crippen molar-refractivity contribution < 1.29 is 4.79 Å². The smallest absolute Gasteiger partial charge is 0.267 e. The zero-order chi connectivity index (χ0) is 16.1. The van der Waals surface area contributed by atoms with Crippen LogP contribution in [0.2, 0.25) is 0 Å². The molecule has 2 rings (SSSR count). The van der Waals surface area contributed by atoms with Crippen molar-refractivity contribution in [3.63, 3.8) is 0 Å². The highest BCUT2D eigenvalue weighted by Gasteiger charge is 2.18. The first-order valence-electron chi connectivity index (χ1n) is 7.77. The van der Waals surface area contributed by atoms with Crippen LogP contribution in [0.3, 0.4) is 0 Å². The summed E-state index contributed by atoms with van der Waals surface area (Å²) in [7, 11) is 0. The van der Waals surface area contributed by atoms with Crippen LogP contribution in [0.25, 0.3) is 0 Å². The van der Waals surface area contributed by atoms with Crippen LogP contribution < -0.4 is 5.32 Å². The molecule has 22 heavy (non-hydrogen) atoms. The maximum atomic E-state index is 12.3. The van der Waals surface area contributed by atoms with Gasteiger partial charge in [-0.2, -0.15) is 5.26 Å². The molecule has 1 fully saturated rings. The Balaban J connectivity index is 2.13. The van der Waals surface area contributed by atoms with E-state index >= 15 is 0 Å². The number of hydrogen-bond donors (Lipinski definition) is 1. The first-order chi connectivity index (χ1) is 10.5. The van der Waals surface area contributed by atoms with Crippen molar-refractivity contribution in [3.8, 4) is 6.07 Å². The van der Waals surface area contributed by atoms with E-state index in [9.17, 15) is 10.1 Å². The molecule has 1 aromatic carbocycles. The Morgan fingerprint density at radius 3 is 2.82 bits per heavy atom. The normalized spacial score (nSPS) is 18.7. The van der Waals surface area contributed by atoms with Crippen molar-refractivity contribution in [2.45, 2.75) is 46.1 Å². The summed E-state index contributed by atoms with van der Waals surface area (Å²) < 4.78 is 0. The molecular weight excluding hydrogens is 274 g/mol. The van der Waals surface area contributed by atoms with Crippen molar-refractivity contribution in [2.75, 3.05) is 11.9 Å². The standard InChI is InChI=1S/C18H23N3O/c1-13-7-8-17(14(2)10-13)20-18(22)16(11-19)12-21-9-5-4-6-15(21)3/h7-8,10,12,15H,4-6,9H2,1-3H3,(H,20,22)/b16-12-. The Morgan fingerprint density at radius 2 is 2.18 bits per heavy atom. The number of likely N-dealkylation sites (tertiary alicyclic amines) is 1. The third kappa shape index (κ3) is 3.88. The molecule has 0 radical (unpaired) electrons. The number of amides is 1. The number of piperidine rings is 1. The third-order valence-corrected chi connectivity index (χ3v) is 4.14. The van der Waals surface area contributed by atoms with E-state index in [0.29, 0.717) is 6.04 Å². The second-order valence-corrected chi connectivity index (χ2v) is 6.01. The number of nitrogens with one attached hydrogen (secondary N) is 1. The Morgan fingerprint density at radius 1 is 1.41 bits per heavy atom. The highest BCUT2D eigenvalue weighted by Crippen LogP contribution is 2.19. The lowest BCUT2D eigenvalue weighted by Crippen LogP contribution is -2.34. The second-order valence-electron chi connectivity index (χ2n) is 6.01. The molecule has 1 unspecified atom stereocenters. The van der Waals surface area contributed by atoms with Gasteiger partial charge in [0.15, 0.2) is 0 Å². The van der Waals surface area contributed by atoms with Crippen LogP contribution in [0.1, 0.15) is 37.3 Å². The van der Waals surface area contributed by atoms with Gasteiger partial charge in [0.1, 0.15) is 11.6 Å². The molecule has 1 heterocycles. The summed E-state index contributed by atoms with van der Waals surface area (Å²) in [5.74, 6) is -0.341. The number of anilines is 1. The average Bonchev–Trinajstić information content (AvgIpc) is 2.49. The van der Waals surface area contributed by atoms with Crippen LogP contribution in [0.15, 0.2) is 30.0 Å². The summed E-state index contributed by atoms with van der Waals surface area (Å²) in [5, 5.41) is 12.1. The summed E-state index contributed by atoms with van der Waals surface area (Å²) >= 11 is 0. The molecule has 0 aliphatic carbocycles. The van der Waals surface area contributed by atoms with Gasteiger partial charge in [-0.05, 0) is 51.7 Å². The molecule has 0 spiro atoms. The summed E-state index contributed by atoms with van der Waals surface area (Å²) in [5.41, 5.74) is 3.06. The van der Waals surface area contributed by atoms with Gasteiger partial charge in [-0.25, -0.2) is 0 Å². The predicted octanol–water partition coefficient (Wildman–Crippen LogP) is 3.52. The Bertz CT molecular complexity index is 628. The molecule has 1 saturated heterocycles. The van der Waals surface area contributed by atoms with E-state index in [-0.39, 0.29) is 11.5 Å². The molecule has 1 atom stereocenters. The van der Waals surface area contributed by atoms with Gasteiger partial charge in [0, 0.05) is 24.5 Å². The van der Waals surface area contributed by atoms with Gasteiger partial charge in [-0.1, -0.05) is 17.7 Å². The van der Waals surface area contributed by atoms with Crippen LogP contribution in [0, 0.1) is 25.2 Å². The molecule has 1 aliphatic heterocycles. The van der Waals surface area contributed by atoms with E-state index in [1.165, 1.54) is 6.42 Å². The molecule has 1 aliphatic rings. The molecule has 116 valence electrons. The fourth-order valence-electron chi connectivity index (χ4n) is 2.76. The minimum atomic E-state index is -0.341. The van der Waals surface area contributed by atoms with Gasteiger partial charge in [0.2, 0.25) is 0 Å². The number of benzene rings is 1. The summed E-state index contributed by atoms with van der Waals surface area (Å²) in [6.45, 7) is 7.00. The molecule has 1 aromatic rings. The Hall–Kier alpha value is -2.28. The lowest BCUT2D eigenvalue weighted by atomic mass is 10.0. The third-order valence-electron chi connectivity index (χ3n) is 4.14. The zero-order valence-electron chi connectivity index (χ0n) is 13.5. The monoisotopic (exact) mass is 297 g/mol. The van der Waals surface area contributed by atoms with Gasteiger partial charge in [0.05, 0.1) is 0 Å². The van der Waals surface area contributed by atoms with Crippen molar-refractivity contribution in [1.29, 1.82) is 5.26 Å². The molecular formula is C18H23N3O. The zero-order valence-corrected chi connectivity index (χ0v) is 13.5. The average molecular weight is 297 g/mol. The van der Waals surface area contributed by atoms with Crippen molar-refractivity contribution in [3.05, 3.63) is 41.1 Å². The summed E-state index contributed by atoms with van der Waals surface area (Å²) in [6, 6.07) is 8.25. The second kappa shape index (κ2) is 7.13. The van der Waals surface area contributed by atoms with E-state index in [1.807, 2.05) is 38.1 Å². The van der Waals surface area contributed by atoms with E-state index in [1.54, 1.807) is 6.20 Å². The topological polar surface area (TPSA) is 56.1 Å². The largest absolute Gasteiger partial charge is 0.373 e. The van der Waals surface area contributed by atoms with Crippen LogP contribution in [-0.2, 0) is 4.79 Å². The molecule has 4 nitrogen and oxygen atoms in total. The molecule has 4 heteroatoms. The predicted molar refractivity (Wildman–Crippen MR) is 88.3 cm³/mol. The number of hydrogen-bond acceptors (Lipinski definition) is 3. The van der Waals surface area contributed by atoms with Crippen molar-refractivity contribution in [1.82, 2.24) is 4.90 Å². The van der Waals surface area contributed by atoms with Crippen LogP contribution in [-0.4, -0.2) is 23.4 Å². The fraction of sp³-hybridized carbons (Fsp3) is 0.444.